The van der Waals surface area contributed by atoms with Gasteiger partial charge in [-0.15, -0.1) is 0 Å². The summed E-state index contributed by atoms with van der Waals surface area (Å²) in [6.45, 7) is 1.80. The van der Waals surface area contributed by atoms with Crippen LogP contribution >= 0.6 is 0 Å². The Morgan fingerprint density at radius 1 is 1.33 bits per heavy atom. The number of nitrogens with zero attached hydrogens (tertiary/aromatic N) is 2. The molecule has 1 saturated carbocycles. The van der Waals surface area contributed by atoms with E-state index in [0.717, 1.165) is 6.42 Å². The lowest BCUT2D eigenvalue weighted by molar-refractivity contribution is -0.132. The smallest absolute Gasteiger partial charge is 0.252 e. The minimum atomic E-state index is -0.726. The van der Waals surface area contributed by atoms with Gasteiger partial charge in [0.15, 0.2) is 0 Å². The number of rotatable bonds is 5. The van der Waals surface area contributed by atoms with Gasteiger partial charge in [0.2, 0.25) is 5.91 Å². The molecular formula is C17H22FN3O3. The van der Waals surface area contributed by atoms with Crippen molar-refractivity contribution < 1.29 is 19.1 Å². The van der Waals surface area contributed by atoms with Crippen molar-refractivity contribution in [1.82, 2.24) is 15.2 Å². The Bertz CT molecular complexity index is 619. The van der Waals surface area contributed by atoms with Crippen molar-refractivity contribution in [3.63, 3.8) is 0 Å². The number of hydrogen-bond donors (Lipinski definition) is 2. The molecule has 24 heavy (non-hydrogen) atoms. The van der Waals surface area contributed by atoms with Gasteiger partial charge in [-0.25, -0.2) is 4.39 Å². The van der Waals surface area contributed by atoms with Crippen LogP contribution in [0.1, 0.15) is 36.0 Å². The molecule has 1 saturated heterocycles. The van der Waals surface area contributed by atoms with E-state index >= 15 is 0 Å². The normalized spacial score (nSPS) is 26.0. The van der Waals surface area contributed by atoms with Crippen molar-refractivity contribution in [1.29, 1.82) is 0 Å². The molecule has 2 amide bonds. The van der Waals surface area contributed by atoms with Crippen molar-refractivity contribution >= 4 is 11.8 Å². The molecule has 6 nitrogen and oxygen atoms in total. The van der Waals surface area contributed by atoms with Gasteiger partial charge >= 0.3 is 0 Å². The summed E-state index contributed by atoms with van der Waals surface area (Å²) < 4.78 is 12.8. The molecule has 2 heterocycles. The first-order valence-electron chi connectivity index (χ1n) is 8.35. The van der Waals surface area contributed by atoms with Gasteiger partial charge in [0.05, 0.1) is 11.8 Å². The summed E-state index contributed by atoms with van der Waals surface area (Å²) >= 11 is 0. The quantitative estimate of drug-likeness (QED) is 0.854. The predicted octanol–water partition coefficient (Wildman–Crippen LogP) is 1.50. The van der Waals surface area contributed by atoms with E-state index in [0.29, 0.717) is 44.5 Å². The minimum absolute atomic E-state index is 0.0493. The Balaban J connectivity index is 1.41. The Morgan fingerprint density at radius 3 is 2.83 bits per heavy atom. The number of pyridine rings is 1. The molecule has 0 spiro atoms. The molecule has 7 heteroatoms. The zero-order valence-corrected chi connectivity index (χ0v) is 13.4. The molecule has 0 aromatic carbocycles. The lowest BCUT2D eigenvalue weighted by atomic mass is 9.81. The number of alkyl halides is 1. The molecule has 1 unspecified atom stereocenters. The van der Waals surface area contributed by atoms with Crippen LogP contribution in [-0.4, -0.2) is 52.6 Å². The van der Waals surface area contributed by atoms with Crippen molar-refractivity contribution in [3.8, 4) is 5.75 Å². The van der Waals surface area contributed by atoms with Crippen LogP contribution in [0.25, 0.3) is 0 Å². The Kier molecular flexibility index (Phi) is 4.97. The highest BCUT2D eigenvalue weighted by Gasteiger charge is 2.33. The third-order valence-corrected chi connectivity index (χ3v) is 4.82. The highest BCUT2D eigenvalue weighted by Crippen LogP contribution is 2.33. The van der Waals surface area contributed by atoms with Gasteiger partial charge in [0.25, 0.3) is 5.91 Å². The molecule has 0 bridgehead atoms. The maximum Gasteiger partial charge on any atom is 0.252 e. The second-order valence-corrected chi connectivity index (χ2v) is 6.78. The van der Waals surface area contributed by atoms with E-state index in [-0.39, 0.29) is 29.4 Å². The maximum absolute atomic E-state index is 12.8. The zero-order chi connectivity index (χ0) is 17.1. The molecule has 130 valence electrons. The fourth-order valence-electron chi connectivity index (χ4n) is 3.31. The number of nitrogens with one attached hydrogen (secondary N) is 1. The summed E-state index contributed by atoms with van der Waals surface area (Å²) in [7, 11) is 0. The van der Waals surface area contributed by atoms with Crippen molar-refractivity contribution in [2.45, 2.75) is 31.9 Å². The number of amides is 2. The summed E-state index contributed by atoms with van der Waals surface area (Å²) in [5.74, 6) is 0.180. The van der Waals surface area contributed by atoms with E-state index < -0.39 is 6.17 Å². The molecular weight excluding hydrogens is 313 g/mol. The van der Waals surface area contributed by atoms with Gasteiger partial charge in [-0.1, -0.05) is 0 Å². The number of carbonyl (C=O) groups excluding carboxylic acids is 2. The number of hydrogen-bond acceptors (Lipinski definition) is 4. The van der Waals surface area contributed by atoms with Gasteiger partial charge in [-0.2, -0.15) is 0 Å². The summed E-state index contributed by atoms with van der Waals surface area (Å²) in [6.07, 6.45) is 4.25. The fraction of sp³-hybridized carbons (Fsp3) is 0.588. The van der Waals surface area contributed by atoms with Gasteiger partial charge < -0.3 is 15.3 Å². The Morgan fingerprint density at radius 2 is 2.12 bits per heavy atom. The number of aromatic nitrogens is 1. The molecule has 1 atom stereocenters. The number of halogens is 1. The zero-order valence-electron chi connectivity index (χ0n) is 13.4. The molecule has 1 aliphatic carbocycles. The van der Waals surface area contributed by atoms with Gasteiger partial charge in [-0.3, -0.25) is 14.6 Å². The predicted molar refractivity (Wildman–Crippen MR) is 85.2 cm³/mol. The van der Waals surface area contributed by atoms with Gasteiger partial charge in [0, 0.05) is 32.3 Å². The van der Waals surface area contributed by atoms with E-state index in [1.807, 2.05) is 4.90 Å². The second kappa shape index (κ2) is 7.15. The number of carbonyl (C=O) groups is 2. The first-order valence-corrected chi connectivity index (χ1v) is 8.35. The highest BCUT2D eigenvalue weighted by atomic mass is 19.1. The molecule has 1 aromatic rings. The summed E-state index contributed by atoms with van der Waals surface area (Å²) in [4.78, 5) is 29.8. The average Bonchev–Trinajstić information content (AvgIpc) is 3.00. The largest absolute Gasteiger partial charge is 0.506 e. The molecule has 0 radical (unpaired) electrons. The first-order chi connectivity index (χ1) is 11.5. The van der Waals surface area contributed by atoms with E-state index in [2.05, 4.69) is 10.3 Å². The average molecular weight is 335 g/mol. The molecule has 1 aromatic heterocycles. The molecule has 1 aliphatic heterocycles. The minimum Gasteiger partial charge on any atom is -0.506 e. The van der Waals surface area contributed by atoms with Crippen LogP contribution in [0.5, 0.6) is 5.75 Å². The van der Waals surface area contributed by atoms with Crippen LogP contribution in [0, 0.1) is 11.8 Å². The second-order valence-electron chi connectivity index (χ2n) is 6.78. The van der Waals surface area contributed by atoms with Crippen LogP contribution in [0.15, 0.2) is 18.5 Å². The number of likely N-dealkylation sites (tertiary alicyclic amines) is 1. The number of aromatic hydroxyl groups is 1. The van der Waals surface area contributed by atoms with Gasteiger partial charge in [0.1, 0.15) is 11.9 Å². The molecule has 3 rings (SSSR count). The van der Waals surface area contributed by atoms with Crippen LogP contribution in [0.2, 0.25) is 0 Å². The van der Waals surface area contributed by atoms with E-state index in [1.165, 1.54) is 18.5 Å². The van der Waals surface area contributed by atoms with E-state index in [9.17, 15) is 19.1 Å². The highest BCUT2D eigenvalue weighted by molar-refractivity contribution is 5.94. The van der Waals surface area contributed by atoms with Crippen LogP contribution in [0.3, 0.4) is 0 Å². The van der Waals surface area contributed by atoms with Crippen LogP contribution in [-0.2, 0) is 4.79 Å². The SMILES string of the molecule is O=C(NCC1CCN(C(=O)CC2CC(F)C2)C1)c1cncc(O)c1. The van der Waals surface area contributed by atoms with Crippen LogP contribution < -0.4 is 5.32 Å². The summed E-state index contributed by atoms with van der Waals surface area (Å²) in [6, 6.07) is 1.36. The first kappa shape index (κ1) is 16.7. The lowest BCUT2D eigenvalue weighted by Gasteiger charge is -2.30. The Hall–Kier alpha value is -2.18. The van der Waals surface area contributed by atoms with Crippen molar-refractivity contribution in [2.75, 3.05) is 19.6 Å². The fourth-order valence-corrected chi connectivity index (χ4v) is 3.31. The van der Waals surface area contributed by atoms with Crippen molar-refractivity contribution in [2.24, 2.45) is 11.8 Å². The van der Waals surface area contributed by atoms with Crippen LogP contribution in [0.4, 0.5) is 4.39 Å². The van der Waals surface area contributed by atoms with Gasteiger partial charge in [-0.05, 0) is 37.2 Å². The monoisotopic (exact) mass is 335 g/mol. The molecule has 2 N–H and O–H groups in total. The maximum atomic E-state index is 12.8. The topological polar surface area (TPSA) is 82.5 Å². The standard InChI is InChI=1S/C17H22FN3O3/c18-14-3-12(4-14)5-16(23)21-2-1-11(10-21)7-20-17(24)13-6-15(22)9-19-8-13/h6,8-9,11-12,14,22H,1-5,7,10H2,(H,20,24). The third-order valence-electron chi connectivity index (χ3n) is 4.82. The summed E-state index contributed by atoms with van der Waals surface area (Å²) in [5, 5.41) is 12.2. The Labute approximate surface area is 140 Å². The third kappa shape index (κ3) is 4.01. The van der Waals surface area contributed by atoms with Crippen molar-refractivity contribution in [3.05, 3.63) is 24.0 Å². The summed E-state index contributed by atoms with van der Waals surface area (Å²) in [5.41, 5.74) is 0.312. The molecule has 2 aliphatic rings. The lowest BCUT2D eigenvalue weighted by Crippen LogP contribution is -2.36. The molecule has 2 fully saturated rings. The van der Waals surface area contributed by atoms with E-state index in [1.54, 1.807) is 0 Å². The van der Waals surface area contributed by atoms with E-state index in [4.69, 9.17) is 0 Å².